The average Bonchev–Trinajstić information content (AvgIpc) is 3.28. The average molecular weight is 396 g/mol. The number of amides is 1. The van der Waals surface area contributed by atoms with Crippen LogP contribution in [0, 0.1) is 6.92 Å². The Morgan fingerprint density at radius 1 is 1.40 bits per heavy atom. The van der Waals surface area contributed by atoms with Crippen LogP contribution < -0.4 is 5.32 Å². The highest BCUT2D eigenvalue weighted by Gasteiger charge is 2.19. The lowest BCUT2D eigenvalue weighted by Crippen LogP contribution is -2.12. The molecule has 3 heterocycles. The van der Waals surface area contributed by atoms with Gasteiger partial charge in [0.2, 0.25) is 0 Å². The molecule has 0 spiro atoms. The van der Waals surface area contributed by atoms with Crippen molar-refractivity contribution in [3.05, 3.63) is 55.8 Å². The summed E-state index contributed by atoms with van der Waals surface area (Å²) in [6.45, 7) is 2.40. The molecule has 0 aromatic carbocycles. The lowest BCUT2D eigenvalue weighted by atomic mass is 10.3. The largest absolute Gasteiger partial charge is 0.465 e. The maximum atomic E-state index is 12.5. The lowest BCUT2D eigenvalue weighted by molar-refractivity contribution is 0.0602. The first-order valence-corrected chi connectivity index (χ1v) is 9.29. The van der Waals surface area contributed by atoms with Gasteiger partial charge in [-0.3, -0.25) is 9.48 Å². The van der Waals surface area contributed by atoms with Crippen LogP contribution in [0.15, 0.2) is 29.9 Å². The quantitative estimate of drug-likeness (QED) is 0.661. The normalized spacial score (nSPS) is 10.7. The SMILES string of the molecule is COC(=O)c1cc(C)sc1NC(=O)c1cc(Cn2cc(Cl)cn2)cs1. The number of ether oxygens (including phenoxy) is 1. The van der Waals surface area contributed by atoms with Gasteiger partial charge in [0.15, 0.2) is 0 Å². The van der Waals surface area contributed by atoms with Crippen LogP contribution in [0.3, 0.4) is 0 Å². The third kappa shape index (κ3) is 4.09. The second kappa shape index (κ2) is 7.38. The van der Waals surface area contributed by atoms with Crippen molar-refractivity contribution in [1.29, 1.82) is 0 Å². The number of anilines is 1. The first kappa shape index (κ1) is 17.7. The predicted molar refractivity (Wildman–Crippen MR) is 99.0 cm³/mol. The zero-order valence-electron chi connectivity index (χ0n) is 13.4. The van der Waals surface area contributed by atoms with E-state index in [0.717, 1.165) is 10.4 Å². The fourth-order valence-corrected chi connectivity index (χ4v) is 4.07. The Labute approximate surface area is 157 Å². The number of halogens is 1. The molecule has 0 aliphatic heterocycles. The molecule has 3 aromatic heterocycles. The third-order valence-electron chi connectivity index (χ3n) is 3.31. The second-order valence-corrected chi connectivity index (χ2v) is 7.82. The molecule has 0 saturated carbocycles. The van der Waals surface area contributed by atoms with Gasteiger partial charge in [-0.25, -0.2) is 4.79 Å². The molecule has 6 nitrogen and oxygen atoms in total. The Bertz CT molecular complexity index is 929. The molecule has 3 aromatic rings. The third-order valence-corrected chi connectivity index (χ3v) is 5.45. The summed E-state index contributed by atoms with van der Waals surface area (Å²) >= 11 is 8.51. The number of methoxy groups -OCH3 is 1. The second-order valence-electron chi connectivity index (χ2n) is 5.22. The summed E-state index contributed by atoms with van der Waals surface area (Å²) in [6.07, 6.45) is 3.28. The van der Waals surface area contributed by atoms with Gasteiger partial charge < -0.3 is 10.1 Å². The standard InChI is InChI=1S/C16H14ClN3O3S2/c1-9-3-12(16(22)23-2)15(25-9)19-14(21)13-4-10(8-24-13)6-20-7-11(17)5-18-20/h3-5,7-8H,6H2,1-2H3,(H,19,21). The summed E-state index contributed by atoms with van der Waals surface area (Å²) < 4.78 is 6.45. The van der Waals surface area contributed by atoms with E-state index in [9.17, 15) is 9.59 Å². The van der Waals surface area contributed by atoms with Crippen LogP contribution in [0.5, 0.6) is 0 Å². The molecule has 0 unspecified atom stereocenters. The number of esters is 1. The van der Waals surface area contributed by atoms with Gasteiger partial charge in [-0.05, 0) is 30.0 Å². The number of thiophene rings is 2. The van der Waals surface area contributed by atoms with Crippen LogP contribution in [0.1, 0.15) is 30.5 Å². The van der Waals surface area contributed by atoms with E-state index >= 15 is 0 Å². The predicted octanol–water partition coefficient (Wildman–Crippen LogP) is 4.06. The first-order chi connectivity index (χ1) is 12.0. The van der Waals surface area contributed by atoms with E-state index < -0.39 is 5.97 Å². The molecular formula is C16H14ClN3O3S2. The zero-order chi connectivity index (χ0) is 18.0. The minimum absolute atomic E-state index is 0.262. The molecule has 0 aliphatic carbocycles. The number of carbonyl (C=O) groups excluding carboxylic acids is 2. The summed E-state index contributed by atoms with van der Waals surface area (Å²) in [5.74, 6) is -0.733. The number of carbonyl (C=O) groups is 2. The van der Waals surface area contributed by atoms with Crippen LogP contribution in [0.4, 0.5) is 5.00 Å². The Balaban J connectivity index is 1.73. The number of rotatable bonds is 5. The maximum absolute atomic E-state index is 12.5. The number of hydrogen-bond donors (Lipinski definition) is 1. The molecule has 3 rings (SSSR count). The molecule has 0 atom stereocenters. The van der Waals surface area contributed by atoms with Crippen molar-refractivity contribution in [1.82, 2.24) is 9.78 Å². The topological polar surface area (TPSA) is 73.2 Å². The fraction of sp³-hybridized carbons (Fsp3) is 0.188. The van der Waals surface area contributed by atoms with Gasteiger partial charge in [0.05, 0.1) is 35.3 Å². The molecule has 0 radical (unpaired) electrons. The van der Waals surface area contributed by atoms with Crippen molar-refractivity contribution in [2.24, 2.45) is 0 Å². The molecule has 0 aliphatic rings. The maximum Gasteiger partial charge on any atom is 0.340 e. The number of nitrogens with one attached hydrogen (secondary N) is 1. The number of aryl methyl sites for hydroxylation is 1. The van der Waals surface area contributed by atoms with Crippen LogP contribution in [0.25, 0.3) is 0 Å². The van der Waals surface area contributed by atoms with Crippen LogP contribution >= 0.6 is 34.3 Å². The van der Waals surface area contributed by atoms with Crippen molar-refractivity contribution in [3.8, 4) is 0 Å². The molecule has 1 amide bonds. The molecular weight excluding hydrogens is 382 g/mol. The monoisotopic (exact) mass is 395 g/mol. The van der Waals surface area contributed by atoms with Crippen molar-refractivity contribution < 1.29 is 14.3 Å². The van der Waals surface area contributed by atoms with Gasteiger partial charge in [-0.2, -0.15) is 5.10 Å². The van der Waals surface area contributed by atoms with Crippen molar-refractivity contribution in [3.63, 3.8) is 0 Å². The summed E-state index contributed by atoms with van der Waals surface area (Å²) in [7, 11) is 1.31. The van der Waals surface area contributed by atoms with E-state index in [0.29, 0.717) is 27.0 Å². The van der Waals surface area contributed by atoms with Crippen LogP contribution in [-0.4, -0.2) is 28.8 Å². The smallest absolute Gasteiger partial charge is 0.340 e. The number of nitrogens with zero attached hydrogens (tertiary/aromatic N) is 2. The molecule has 0 saturated heterocycles. The van der Waals surface area contributed by atoms with Gasteiger partial charge in [-0.15, -0.1) is 22.7 Å². The van der Waals surface area contributed by atoms with Gasteiger partial charge in [0.1, 0.15) is 5.00 Å². The molecule has 25 heavy (non-hydrogen) atoms. The minimum Gasteiger partial charge on any atom is -0.465 e. The Morgan fingerprint density at radius 2 is 2.20 bits per heavy atom. The molecule has 0 fully saturated rings. The first-order valence-electron chi connectivity index (χ1n) is 7.21. The van der Waals surface area contributed by atoms with Crippen molar-refractivity contribution >= 4 is 51.2 Å². The molecule has 130 valence electrons. The highest BCUT2D eigenvalue weighted by atomic mass is 35.5. The van der Waals surface area contributed by atoms with E-state index in [4.69, 9.17) is 16.3 Å². The Morgan fingerprint density at radius 3 is 2.88 bits per heavy atom. The summed E-state index contributed by atoms with van der Waals surface area (Å²) in [6, 6.07) is 3.50. The highest BCUT2D eigenvalue weighted by molar-refractivity contribution is 7.17. The molecule has 0 bridgehead atoms. The summed E-state index contributed by atoms with van der Waals surface area (Å²) in [5.41, 5.74) is 1.31. The fourth-order valence-electron chi connectivity index (χ4n) is 2.22. The summed E-state index contributed by atoms with van der Waals surface area (Å²) in [4.78, 5) is 25.7. The lowest BCUT2D eigenvalue weighted by Gasteiger charge is -2.03. The van der Waals surface area contributed by atoms with Crippen LogP contribution in [-0.2, 0) is 11.3 Å². The van der Waals surface area contributed by atoms with Gasteiger partial charge in [-0.1, -0.05) is 11.6 Å². The van der Waals surface area contributed by atoms with Gasteiger partial charge >= 0.3 is 5.97 Å². The minimum atomic E-state index is -0.470. The van der Waals surface area contributed by atoms with Crippen molar-refractivity contribution in [2.75, 3.05) is 12.4 Å². The van der Waals surface area contributed by atoms with E-state index in [-0.39, 0.29) is 5.91 Å². The number of aromatic nitrogens is 2. The molecule has 9 heteroatoms. The van der Waals surface area contributed by atoms with Crippen LogP contribution in [0.2, 0.25) is 5.02 Å². The van der Waals surface area contributed by atoms with Gasteiger partial charge in [0, 0.05) is 11.1 Å². The summed E-state index contributed by atoms with van der Waals surface area (Å²) in [5, 5.41) is 9.85. The van der Waals surface area contributed by atoms with E-state index in [2.05, 4.69) is 10.4 Å². The Kier molecular flexibility index (Phi) is 5.22. The van der Waals surface area contributed by atoms with Crippen molar-refractivity contribution in [2.45, 2.75) is 13.5 Å². The number of hydrogen-bond acceptors (Lipinski definition) is 6. The Hall–Kier alpha value is -2.16. The van der Waals surface area contributed by atoms with Gasteiger partial charge in [0.25, 0.3) is 5.91 Å². The highest BCUT2D eigenvalue weighted by Crippen LogP contribution is 2.29. The van der Waals surface area contributed by atoms with E-state index in [1.807, 2.05) is 12.3 Å². The zero-order valence-corrected chi connectivity index (χ0v) is 15.8. The molecule has 1 N–H and O–H groups in total. The van der Waals surface area contributed by atoms with E-state index in [1.54, 1.807) is 29.2 Å². The van der Waals surface area contributed by atoms with E-state index in [1.165, 1.54) is 29.8 Å².